The Labute approximate surface area is 152 Å². The number of rotatable bonds is 7. The highest BCUT2D eigenvalue weighted by Crippen LogP contribution is 2.26. The van der Waals surface area contributed by atoms with Crippen molar-refractivity contribution in [2.24, 2.45) is 5.92 Å². The third-order valence-corrected chi connectivity index (χ3v) is 4.66. The van der Waals surface area contributed by atoms with E-state index < -0.39 is 5.92 Å². The van der Waals surface area contributed by atoms with Gasteiger partial charge in [0, 0.05) is 18.0 Å². The van der Waals surface area contributed by atoms with Gasteiger partial charge in [-0.1, -0.05) is 25.5 Å². The van der Waals surface area contributed by atoms with Crippen LogP contribution in [0.5, 0.6) is 5.75 Å². The number of ketones is 1. The third-order valence-electron chi connectivity index (χ3n) is 4.66. The Bertz CT molecular complexity index is 806. The fraction of sp³-hybridized carbons (Fsp3) is 0.286. The van der Waals surface area contributed by atoms with Crippen LogP contribution in [0.1, 0.15) is 50.8 Å². The number of fused-ring (bicyclic) bond motifs is 1. The van der Waals surface area contributed by atoms with Crippen LogP contribution >= 0.6 is 0 Å². The Kier molecular flexibility index (Phi) is 5.16. The number of Topliss-reactive ketones (excluding diaryl/α,β-unsaturated/α-hetero) is 1. The molecule has 5 heteroatoms. The molecule has 0 fully saturated rings. The lowest BCUT2D eigenvalue weighted by atomic mass is 9.93. The van der Waals surface area contributed by atoms with Gasteiger partial charge in [-0.3, -0.25) is 19.3 Å². The quantitative estimate of drug-likeness (QED) is 0.565. The van der Waals surface area contributed by atoms with E-state index in [0.717, 1.165) is 6.42 Å². The minimum atomic E-state index is -0.421. The number of hydrogen-bond acceptors (Lipinski definition) is 4. The summed E-state index contributed by atoms with van der Waals surface area (Å²) in [5.41, 5.74) is 1.37. The van der Waals surface area contributed by atoms with Gasteiger partial charge in [-0.2, -0.15) is 0 Å². The van der Waals surface area contributed by atoms with Gasteiger partial charge in [-0.15, -0.1) is 0 Å². The number of ether oxygens (including phenoxy) is 1. The summed E-state index contributed by atoms with van der Waals surface area (Å²) in [5, 5.41) is 0. The number of amides is 2. The SMILES string of the molecule is CCCC(CN1C(=O)c2ccccc2C1=O)C(=O)c1ccc(OC)cc1. The molecule has 1 heterocycles. The molecule has 0 bridgehead atoms. The van der Waals surface area contributed by atoms with Gasteiger partial charge in [0.05, 0.1) is 18.2 Å². The number of imide groups is 1. The van der Waals surface area contributed by atoms with E-state index in [0.29, 0.717) is 28.9 Å². The van der Waals surface area contributed by atoms with Crippen molar-refractivity contribution in [3.63, 3.8) is 0 Å². The van der Waals surface area contributed by atoms with E-state index in [2.05, 4.69) is 0 Å². The number of methoxy groups -OCH3 is 1. The first-order valence-corrected chi connectivity index (χ1v) is 8.70. The fourth-order valence-electron chi connectivity index (χ4n) is 3.27. The summed E-state index contributed by atoms with van der Waals surface area (Å²) in [7, 11) is 1.57. The summed E-state index contributed by atoms with van der Waals surface area (Å²) in [6, 6.07) is 13.7. The molecule has 0 N–H and O–H groups in total. The highest BCUT2D eigenvalue weighted by atomic mass is 16.5. The predicted octanol–water partition coefficient (Wildman–Crippen LogP) is 3.59. The van der Waals surface area contributed by atoms with E-state index in [4.69, 9.17) is 4.74 Å². The Morgan fingerprint density at radius 1 is 1.00 bits per heavy atom. The molecule has 2 aromatic rings. The monoisotopic (exact) mass is 351 g/mol. The number of carbonyl (C=O) groups excluding carboxylic acids is 3. The van der Waals surface area contributed by atoms with E-state index in [1.54, 1.807) is 55.6 Å². The van der Waals surface area contributed by atoms with Gasteiger partial charge in [0.25, 0.3) is 11.8 Å². The largest absolute Gasteiger partial charge is 0.497 e. The molecule has 2 aromatic carbocycles. The van der Waals surface area contributed by atoms with E-state index >= 15 is 0 Å². The summed E-state index contributed by atoms with van der Waals surface area (Å²) in [4.78, 5) is 39.3. The molecule has 1 unspecified atom stereocenters. The van der Waals surface area contributed by atoms with Crippen LogP contribution in [0.25, 0.3) is 0 Å². The second-order valence-corrected chi connectivity index (χ2v) is 6.34. The second kappa shape index (κ2) is 7.52. The predicted molar refractivity (Wildman–Crippen MR) is 97.5 cm³/mol. The van der Waals surface area contributed by atoms with Gasteiger partial charge in [-0.05, 0) is 42.8 Å². The summed E-state index contributed by atoms with van der Waals surface area (Å²) >= 11 is 0. The van der Waals surface area contributed by atoms with E-state index in [-0.39, 0.29) is 24.1 Å². The lowest BCUT2D eigenvalue weighted by Crippen LogP contribution is -2.37. The van der Waals surface area contributed by atoms with Gasteiger partial charge in [-0.25, -0.2) is 0 Å². The Hall–Kier alpha value is -2.95. The van der Waals surface area contributed by atoms with Crippen molar-refractivity contribution < 1.29 is 19.1 Å². The molecule has 0 spiro atoms. The molecule has 1 atom stereocenters. The van der Waals surface area contributed by atoms with Gasteiger partial charge < -0.3 is 4.74 Å². The molecule has 0 aromatic heterocycles. The van der Waals surface area contributed by atoms with Crippen molar-refractivity contribution in [3.8, 4) is 5.75 Å². The van der Waals surface area contributed by atoms with Gasteiger partial charge in [0.15, 0.2) is 5.78 Å². The molecular formula is C21H21NO4. The number of hydrogen-bond donors (Lipinski definition) is 0. The fourth-order valence-corrected chi connectivity index (χ4v) is 3.27. The minimum absolute atomic E-state index is 0.0638. The summed E-state index contributed by atoms with van der Waals surface area (Å²) in [6.45, 7) is 2.09. The molecule has 5 nitrogen and oxygen atoms in total. The lowest BCUT2D eigenvalue weighted by Gasteiger charge is -2.21. The van der Waals surface area contributed by atoms with Crippen molar-refractivity contribution >= 4 is 17.6 Å². The Morgan fingerprint density at radius 3 is 2.08 bits per heavy atom. The lowest BCUT2D eigenvalue weighted by molar-refractivity contribution is 0.0614. The van der Waals surface area contributed by atoms with E-state index in [1.165, 1.54) is 4.90 Å². The molecule has 134 valence electrons. The van der Waals surface area contributed by atoms with Crippen LogP contribution in [0.15, 0.2) is 48.5 Å². The average molecular weight is 351 g/mol. The summed E-state index contributed by atoms with van der Waals surface area (Å²) < 4.78 is 5.12. The van der Waals surface area contributed by atoms with Gasteiger partial charge in [0.1, 0.15) is 5.75 Å². The highest BCUT2D eigenvalue weighted by molar-refractivity contribution is 6.21. The number of nitrogens with zero attached hydrogens (tertiary/aromatic N) is 1. The first-order chi connectivity index (χ1) is 12.6. The van der Waals surface area contributed by atoms with Crippen LogP contribution in [0.2, 0.25) is 0 Å². The molecule has 26 heavy (non-hydrogen) atoms. The van der Waals surface area contributed by atoms with Gasteiger partial charge in [0.2, 0.25) is 0 Å². The molecule has 1 aliphatic rings. The van der Waals surface area contributed by atoms with Crippen molar-refractivity contribution in [2.75, 3.05) is 13.7 Å². The summed E-state index contributed by atoms with van der Waals surface area (Å²) in [6.07, 6.45) is 1.40. The molecule has 0 aliphatic carbocycles. The number of carbonyl (C=O) groups is 3. The van der Waals surface area contributed by atoms with Crippen molar-refractivity contribution in [1.82, 2.24) is 4.90 Å². The second-order valence-electron chi connectivity index (χ2n) is 6.34. The van der Waals surface area contributed by atoms with E-state index in [9.17, 15) is 14.4 Å². The molecule has 3 rings (SSSR count). The Morgan fingerprint density at radius 2 is 1.58 bits per heavy atom. The van der Waals surface area contributed by atoms with Crippen molar-refractivity contribution in [1.29, 1.82) is 0 Å². The van der Waals surface area contributed by atoms with Crippen LogP contribution < -0.4 is 4.74 Å². The smallest absolute Gasteiger partial charge is 0.261 e. The first kappa shape index (κ1) is 17.9. The minimum Gasteiger partial charge on any atom is -0.497 e. The molecule has 1 aliphatic heterocycles. The normalized spacial score (nSPS) is 14.3. The zero-order valence-corrected chi connectivity index (χ0v) is 14.9. The van der Waals surface area contributed by atoms with Crippen molar-refractivity contribution in [3.05, 3.63) is 65.2 Å². The first-order valence-electron chi connectivity index (χ1n) is 8.70. The van der Waals surface area contributed by atoms with Crippen LogP contribution in [0.4, 0.5) is 0 Å². The molecule has 0 saturated heterocycles. The molecule has 2 amide bonds. The number of benzene rings is 2. The van der Waals surface area contributed by atoms with Crippen LogP contribution in [0, 0.1) is 5.92 Å². The maximum Gasteiger partial charge on any atom is 0.261 e. The van der Waals surface area contributed by atoms with Crippen LogP contribution in [0.3, 0.4) is 0 Å². The van der Waals surface area contributed by atoms with Crippen LogP contribution in [-0.4, -0.2) is 36.2 Å². The zero-order valence-electron chi connectivity index (χ0n) is 14.9. The average Bonchev–Trinajstić information content (AvgIpc) is 2.92. The molecule has 0 saturated carbocycles. The summed E-state index contributed by atoms with van der Waals surface area (Å²) in [5.74, 6) is -0.459. The van der Waals surface area contributed by atoms with E-state index in [1.807, 2.05) is 6.92 Å². The topological polar surface area (TPSA) is 63.7 Å². The maximum absolute atomic E-state index is 12.9. The zero-order chi connectivity index (χ0) is 18.7. The van der Waals surface area contributed by atoms with Crippen molar-refractivity contribution in [2.45, 2.75) is 19.8 Å². The Balaban J connectivity index is 1.81. The van der Waals surface area contributed by atoms with Crippen LogP contribution in [-0.2, 0) is 0 Å². The standard InChI is InChI=1S/C21H21NO4/c1-3-6-15(19(23)14-9-11-16(26-2)12-10-14)13-22-20(24)17-7-4-5-8-18(17)21(22)25/h4-5,7-12,15H,3,6,13H2,1-2H3. The highest BCUT2D eigenvalue weighted by Gasteiger charge is 2.37. The maximum atomic E-state index is 12.9. The third kappa shape index (κ3) is 3.25. The van der Waals surface area contributed by atoms with Gasteiger partial charge >= 0.3 is 0 Å². The molecular weight excluding hydrogens is 330 g/mol. The molecule has 0 radical (unpaired) electrons.